The molecule has 0 atom stereocenters. The maximum atomic E-state index is 11.9. The van der Waals surface area contributed by atoms with Gasteiger partial charge in [0.2, 0.25) is 0 Å². The van der Waals surface area contributed by atoms with Crippen LogP contribution in [0, 0.1) is 0 Å². The summed E-state index contributed by atoms with van der Waals surface area (Å²) < 4.78 is 0. The van der Waals surface area contributed by atoms with E-state index in [4.69, 9.17) is 0 Å². The molecular formula is C13H15N5OS. The Labute approximate surface area is 120 Å². The standard InChI is InChI=1S/C13H15N5OS/c19-12(10-7-15-5-6-16-10)18-13-17-8-11(20-13)9-1-3-14-4-2-9/h5-9,14H,1-4H2,(H,17,18,19). The highest BCUT2D eigenvalue weighted by molar-refractivity contribution is 7.15. The first kappa shape index (κ1) is 13.1. The molecule has 0 radical (unpaired) electrons. The summed E-state index contributed by atoms with van der Waals surface area (Å²) in [6, 6.07) is 0. The van der Waals surface area contributed by atoms with E-state index in [1.54, 1.807) is 11.3 Å². The average molecular weight is 289 g/mol. The van der Waals surface area contributed by atoms with Crippen molar-refractivity contribution in [2.45, 2.75) is 18.8 Å². The SMILES string of the molecule is O=C(Nc1ncc(C2CCNCC2)s1)c1cnccn1. The molecule has 1 fully saturated rings. The van der Waals surface area contributed by atoms with Crippen LogP contribution in [0.15, 0.2) is 24.8 Å². The van der Waals surface area contributed by atoms with E-state index >= 15 is 0 Å². The second kappa shape index (κ2) is 6.06. The quantitative estimate of drug-likeness (QED) is 0.898. The molecule has 2 N–H and O–H groups in total. The van der Waals surface area contributed by atoms with Gasteiger partial charge in [-0.3, -0.25) is 15.1 Å². The van der Waals surface area contributed by atoms with Crippen molar-refractivity contribution in [3.8, 4) is 0 Å². The molecule has 3 heterocycles. The van der Waals surface area contributed by atoms with Crippen LogP contribution in [0.5, 0.6) is 0 Å². The van der Waals surface area contributed by atoms with Gasteiger partial charge in [0.25, 0.3) is 5.91 Å². The van der Waals surface area contributed by atoms with Gasteiger partial charge in [-0.15, -0.1) is 11.3 Å². The fourth-order valence-corrected chi connectivity index (χ4v) is 3.20. The van der Waals surface area contributed by atoms with Crippen LogP contribution in [0.3, 0.4) is 0 Å². The van der Waals surface area contributed by atoms with Gasteiger partial charge < -0.3 is 5.32 Å². The second-order valence-corrected chi connectivity index (χ2v) is 5.70. The number of piperidine rings is 1. The molecule has 20 heavy (non-hydrogen) atoms. The third-order valence-electron chi connectivity index (χ3n) is 3.28. The summed E-state index contributed by atoms with van der Waals surface area (Å²) in [7, 11) is 0. The lowest BCUT2D eigenvalue weighted by atomic mass is 9.97. The third kappa shape index (κ3) is 3.00. The predicted molar refractivity (Wildman–Crippen MR) is 76.9 cm³/mol. The van der Waals surface area contributed by atoms with Crippen LogP contribution < -0.4 is 10.6 Å². The highest BCUT2D eigenvalue weighted by atomic mass is 32.1. The van der Waals surface area contributed by atoms with Crippen LogP contribution in [0.2, 0.25) is 0 Å². The van der Waals surface area contributed by atoms with E-state index < -0.39 is 0 Å². The molecule has 0 bridgehead atoms. The van der Waals surface area contributed by atoms with Crippen molar-refractivity contribution in [1.29, 1.82) is 0 Å². The Morgan fingerprint density at radius 3 is 2.85 bits per heavy atom. The van der Waals surface area contributed by atoms with Crippen molar-refractivity contribution in [1.82, 2.24) is 20.3 Å². The van der Waals surface area contributed by atoms with E-state index in [0.29, 0.717) is 16.7 Å². The fraction of sp³-hybridized carbons (Fsp3) is 0.385. The molecule has 2 aromatic rings. The summed E-state index contributed by atoms with van der Waals surface area (Å²) in [6.45, 7) is 2.09. The predicted octanol–water partition coefficient (Wildman–Crippen LogP) is 1.65. The monoisotopic (exact) mass is 289 g/mol. The fourth-order valence-electron chi connectivity index (χ4n) is 2.22. The number of amides is 1. The molecule has 1 saturated heterocycles. The number of anilines is 1. The lowest BCUT2D eigenvalue weighted by Crippen LogP contribution is -2.26. The Morgan fingerprint density at radius 2 is 2.10 bits per heavy atom. The van der Waals surface area contributed by atoms with Crippen molar-refractivity contribution >= 4 is 22.4 Å². The van der Waals surface area contributed by atoms with Gasteiger partial charge in [0, 0.05) is 23.5 Å². The number of aromatic nitrogens is 3. The molecule has 1 aliphatic rings. The van der Waals surface area contributed by atoms with Crippen molar-refractivity contribution in [3.05, 3.63) is 35.4 Å². The minimum Gasteiger partial charge on any atom is -0.317 e. The second-order valence-electron chi connectivity index (χ2n) is 4.64. The van der Waals surface area contributed by atoms with E-state index in [2.05, 4.69) is 25.6 Å². The van der Waals surface area contributed by atoms with Crippen molar-refractivity contribution in [2.24, 2.45) is 0 Å². The Hall–Kier alpha value is -1.86. The van der Waals surface area contributed by atoms with Crippen molar-refractivity contribution in [2.75, 3.05) is 18.4 Å². The molecule has 0 unspecified atom stereocenters. The third-order valence-corrected chi connectivity index (χ3v) is 4.36. The number of hydrogen-bond acceptors (Lipinski definition) is 6. The Kier molecular flexibility index (Phi) is 3.98. The van der Waals surface area contributed by atoms with E-state index in [-0.39, 0.29) is 5.91 Å². The number of hydrogen-bond donors (Lipinski definition) is 2. The highest BCUT2D eigenvalue weighted by Crippen LogP contribution is 2.31. The zero-order valence-electron chi connectivity index (χ0n) is 10.9. The van der Waals surface area contributed by atoms with Gasteiger partial charge in [-0.05, 0) is 31.8 Å². The molecule has 0 aliphatic carbocycles. The molecule has 1 aliphatic heterocycles. The first-order valence-corrected chi connectivity index (χ1v) is 7.38. The number of carbonyl (C=O) groups is 1. The summed E-state index contributed by atoms with van der Waals surface area (Å²) in [6.07, 6.45) is 8.59. The topological polar surface area (TPSA) is 79.8 Å². The zero-order chi connectivity index (χ0) is 13.8. The summed E-state index contributed by atoms with van der Waals surface area (Å²) in [5, 5.41) is 6.73. The molecule has 104 valence electrons. The molecular weight excluding hydrogens is 274 g/mol. The number of nitrogens with zero attached hydrogens (tertiary/aromatic N) is 3. The van der Waals surface area contributed by atoms with Gasteiger partial charge in [0.05, 0.1) is 6.20 Å². The van der Waals surface area contributed by atoms with Crippen LogP contribution in [0.1, 0.15) is 34.1 Å². The van der Waals surface area contributed by atoms with E-state index in [1.807, 2.05) is 6.20 Å². The lowest BCUT2D eigenvalue weighted by Gasteiger charge is -2.20. The van der Waals surface area contributed by atoms with E-state index in [0.717, 1.165) is 25.9 Å². The van der Waals surface area contributed by atoms with E-state index in [1.165, 1.54) is 23.5 Å². The van der Waals surface area contributed by atoms with Gasteiger partial charge in [-0.1, -0.05) is 0 Å². The summed E-state index contributed by atoms with van der Waals surface area (Å²) in [5.74, 6) is 0.278. The molecule has 7 heteroatoms. The van der Waals surface area contributed by atoms with Crippen LogP contribution in [0.25, 0.3) is 0 Å². The van der Waals surface area contributed by atoms with Crippen LogP contribution in [-0.4, -0.2) is 33.9 Å². The lowest BCUT2D eigenvalue weighted by molar-refractivity contribution is 0.102. The number of thiazole rings is 1. The zero-order valence-corrected chi connectivity index (χ0v) is 11.7. The molecule has 1 amide bonds. The minimum atomic E-state index is -0.274. The summed E-state index contributed by atoms with van der Waals surface area (Å²) in [5.41, 5.74) is 0.297. The Morgan fingerprint density at radius 1 is 1.25 bits per heavy atom. The molecule has 6 nitrogen and oxygen atoms in total. The highest BCUT2D eigenvalue weighted by Gasteiger charge is 2.18. The van der Waals surface area contributed by atoms with E-state index in [9.17, 15) is 4.79 Å². The number of rotatable bonds is 3. The Balaban J connectivity index is 1.66. The molecule has 0 aromatic carbocycles. The first-order valence-electron chi connectivity index (χ1n) is 6.57. The van der Waals surface area contributed by atoms with Gasteiger partial charge in [-0.25, -0.2) is 9.97 Å². The molecule has 3 rings (SSSR count). The number of nitrogens with one attached hydrogen (secondary N) is 2. The smallest absolute Gasteiger partial charge is 0.277 e. The maximum Gasteiger partial charge on any atom is 0.277 e. The van der Waals surface area contributed by atoms with Gasteiger partial charge in [0.15, 0.2) is 5.13 Å². The largest absolute Gasteiger partial charge is 0.317 e. The van der Waals surface area contributed by atoms with Crippen molar-refractivity contribution < 1.29 is 4.79 Å². The van der Waals surface area contributed by atoms with Crippen molar-refractivity contribution in [3.63, 3.8) is 0 Å². The Bertz CT molecular complexity index is 579. The normalized spacial score (nSPS) is 16.0. The van der Waals surface area contributed by atoms with Gasteiger partial charge in [0.1, 0.15) is 5.69 Å². The van der Waals surface area contributed by atoms with Crippen LogP contribution in [-0.2, 0) is 0 Å². The summed E-state index contributed by atoms with van der Waals surface area (Å²) in [4.78, 5) is 25.3. The summed E-state index contributed by atoms with van der Waals surface area (Å²) >= 11 is 1.54. The van der Waals surface area contributed by atoms with Gasteiger partial charge >= 0.3 is 0 Å². The first-order chi connectivity index (χ1) is 9.83. The molecule has 0 saturated carbocycles. The molecule has 2 aromatic heterocycles. The van der Waals surface area contributed by atoms with Crippen LogP contribution in [0.4, 0.5) is 5.13 Å². The number of carbonyl (C=O) groups excluding carboxylic acids is 1. The van der Waals surface area contributed by atoms with Crippen LogP contribution >= 0.6 is 11.3 Å². The molecule has 0 spiro atoms. The maximum absolute atomic E-state index is 11.9. The minimum absolute atomic E-state index is 0.274. The average Bonchev–Trinajstić information content (AvgIpc) is 2.97. The van der Waals surface area contributed by atoms with Gasteiger partial charge in [-0.2, -0.15) is 0 Å².